The van der Waals surface area contributed by atoms with E-state index in [9.17, 15) is 5.11 Å². The number of aryl methyl sites for hydroxylation is 1. The van der Waals surface area contributed by atoms with E-state index in [2.05, 4.69) is 17.1 Å². The summed E-state index contributed by atoms with van der Waals surface area (Å²) in [5.41, 5.74) is 5.35. The van der Waals surface area contributed by atoms with Gasteiger partial charge in [0.1, 0.15) is 11.9 Å². The van der Waals surface area contributed by atoms with E-state index >= 15 is 0 Å². The zero-order valence-corrected chi connectivity index (χ0v) is 8.06. The van der Waals surface area contributed by atoms with Gasteiger partial charge in [-0.3, -0.25) is 0 Å². The molecule has 1 aromatic heterocycles. The van der Waals surface area contributed by atoms with Crippen molar-refractivity contribution in [3.63, 3.8) is 0 Å². The van der Waals surface area contributed by atoms with E-state index in [4.69, 9.17) is 5.73 Å². The molecule has 0 amide bonds. The Bertz CT molecular complexity index is 271. The molecule has 0 bridgehead atoms. The van der Waals surface area contributed by atoms with Crippen LogP contribution >= 0.6 is 0 Å². The van der Waals surface area contributed by atoms with Gasteiger partial charge in [-0.15, -0.1) is 10.2 Å². The summed E-state index contributed by atoms with van der Waals surface area (Å²) in [7, 11) is 0. The number of aliphatic hydroxyl groups excluding tert-OH is 1. The first-order chi connectivity index (χ1) is 6.20. The molecule has 0 saturated heterocycles. The van der Waals surface area contributed by atoms with Crippen LogP contribution in [0.25, 0.3) is 0 Å². The summed E-state index contributed by atoms with van der Waals surface area (Å²) in [6.45, 7) is 4.94. The first kappa shape index (κ1) is 10.1. The van der Waals surface area contributed by atoms with Gasteiger partial charge in [-0.1, -0.05) is 6.92 Å². The number of rotatable bonds is 4. The number of aromatic nitrogens is 3. The molecule has 1 heterocycles. The van der Waals surface area contributed by atoms with E-state index < -0.39 is 6.10 Å². The fourth-order valence-corrected chi connectivity index (χ4v) is 1.25. The van der Waals surface area contributed by atoms with Crippen molar-refractivity contribution >= 4 is 0 Å². The lowest BCUT2D eigenvalue weighted by Gasteiger charge is -2.10. The fourth-order valence-electron chi connectivity index (χ4n) is 1.25. The van der Waals surface area contributed by atoms with Crippen molar-refractivity contribution < 1.29 is 5.11 Å². The Balaban J connectivity index is 2.92. The maximum Gasteiger partial charge on any atom is 0.163 e. The summed E-state index contributed by atoms with van der Waals surface area (Å²) in [5.74, 6) is 1.39. The number of hydrogen-bond acceptors (Lipinski definition) is 4. The van der Waals surface area contributed by atoms with Gasteiger partial charge in [0.15, 0.2) is 5.82 Å². The van der Waals surface area contributed by atoms with Crippen LogP contribution in [0.5, 0.6) is 0 Å². The Labute approximate surface area is 77.6 Å². The molecule has 5 nitrogen and oxygen atoms in total. The molecule has 0 aliphatic heterocycles. The van der Waals surface area contributed by atoms with Gasteiger partial charge < -0.3 is 15.4 Å². The minimum atomic E-state index is -0.701. The quantitative estimate of drug-likeness (QED) is 0.690. The molecule has 1 aromatic rings. The smallest absolute Gasteiger partial charge is 0.163 e. The number of hydrogen-bond donors (Lipinski definition) is 2. The molecule has 0 aliphatic carbocycles. The highest BCUT2D eigenvalue weighted by Gasteiger charge is 2.14. The Kier molecular flexibility index (Phi) is 3.39. The van der Waals surface area contributed by atoms with Crippen molar-refractivity contribution in [2.75, 3.05) is 6.54 Å². The SMILES string of the molecule is CCCn1c(C)nnc1C(O)CN. The van der Waals surface area contributed by atoms with Gasteiger partial charge in [-0.2, -0.15) is 0 Å². The van der Waals surface area contributed by atoms with Crippen molar-refractivity contribution in [3.8, 4) is 0 Å². The lowest BCUT2D eigenvalue weighted by molar-refractivity contribution is 0.171. The van der Waals surface area contributed by atoms with Crippen LogP contribution in [0.2, 0.25) is 0 Å². The predicted molar refractivity (Wildman–Crippen MR) is 49.1 cm³/mol. The molecular weight excluding hydrogens is 168 g/mol. The molecule has 0 spiro atoms. The standard InChI is InChI=1S/C8H16N4O/c1-3-4-12-6(2)10-11-8(12)7(13)5-9/h7,13H,3-5,9H2,1-2H3. The molecule has 0 aliphatic rings. The van der Waals surface area contributed by atoms with Crippen LogP contribution in [0, 0.1) is 6.92 Å². The second-order valence-corrected chi connectivity index (χ2v) is 3.01. The van der Waals surface area contributed by atoms with Gasteiger partial charge >= 0.3 is 0 Å². The van der Waals surface area contributed by atoms with E-state index in [1.54, 1.807) is 0 Å². The van der Waals surface area contributed by atoms with Gasteiger partial charge in [0.25, 0.3) is 0 Å². The highest BCUT2D eigenvalue weighted by molar-refractivity contribution is 4.97. The molecule has 13 heavy (non-hydrogen) atoms. The lowest BCUT2D eigenvalue weighted by Crippen LogP contribution is -2.17. The molecule has 5 heteroatoms. The van der Waals surface area contributed by atoms with Crippen LogP contribution in [-0.2, 0) is 6.54 Å². The van der Waals surface area contributed by atoms with E-state index in [0.29, 0.717) is 5.82 Å². The van der Waals surface area contributed by atoms with Gasteiger partial charge in [0.2, 0.25) is 0 Å². The van der Waals surface area contributed by atoms with Crippen molar-refractivity contribution in [2.45, 2.75) is 32.9 Å². The third kappa shape index (κ3) is 2.05. The van der Waals surface area contributed by atoms with Crippen LogP contribution in [0.4, 0.5) is 0 Å². The second kappa shape index (κ2) is 4.34. The maximum atomic E-state index is 9.50. The third-order valence-corrected chi connectivity index (χ3v) is 1.93. The van der Waals surface area contributed by atoms with Gasteiger partial charge in [0.05, 0.1) is 0 Å². The monoisotopic (exact) mass is 184 g/mol. The van der Waals surface area contributed by atoms with Crippen molar-refractivity contribution in [2.24, 2.45) is 5.73 Å². The summed E-state index contributed by atoms with van der Waals surface area (Å²) >= 11 is 0. The number of nitrogens with zero attached hydrogens (tertiary/aromatic N) is 3. The number of nitrogens with two attached hydrogens (primary N) is 1. The molecular formula is C8H16N4O. The molecule has 1 atom stereocenters. The van der Waals surface area contributed by atoms with Crippen molar-refractivity contribution in [3.05, 3.63) is 11.6 Å². The highest BCUT2D eigenvalue weighted by Crippen LogP contribution is 2.10. The van der Waals surface area contributed by atoms with Crippen molar-refractivity contribution in [1.82, 2.24) is 14.8 Å². The highest BCUT2D eigenvalue weighted by atomic mass is 16.3. The number of aliphatic hydroxyl groups is 1. The van der Waals surface area contributed by atoms with Crippen LogP contribution in [0.1, 0.15) is 31.1 Å². The third-order valence-electron chi connectivity index (χ3n) is 1.93. The lowest BCUT2D eigenvalue weighted by atomic mass is 10.3. The van der Waals surface area contributed by atoms with Crippen LogP contribution in [0.15, 0.2) is 0 Å². The molecule has 0 fully saturated rings. The maximum absolute atomic E-state index is 9.50. The minimum Gasteiger partial charge on any atom is -0.384 e. The zero-order valence-electron chi connectivity index (χ0n) is 8.06. The van der Waals surface area contributed by atoms with E-state index in [1.165, 1.54) is 0 Å². The molecule has 0 radical (unpaired) electrons. The average molecular weight is 184 g/mol. The molecule has 3 N–H and O–H groups in total. The summed E-state index contributed by atoms with van der Waals surface area (Å²) in [5, 5.41) is 17.3. The van der Waals surface area contributed by atoms with E-state index in [0.717, 1.165) is 18.8 Å². The Hall–Kier alpha value is -0.940. The molecule has 1 unspecified atom stereocenters. The fraction of sp³-hybridized carbons (Fsp3) is 0.750. The Morgan fingerprint density at radius 1 is 1.54 bits per heavy atom. The van der Waals surface area contributed by atoms with Crippen LogP contribution < -0.4 is 5.73 Å². The topological polar surface area (TPSA) is 77.0 Å². The van der Waals surface area contributed by atoms with E-state index in [-0.39, 0.29) is 6.54 Å². The van der Waals surface area contributed by atoms with Crippen molar-refractivity contribution in [1.29, 1.82) is 0 Å². The predicted octanol–water partition coefficient (Wildman–Crippen LogP) is -0.0114. The van der Waals surface area contributed by atoms with Gasteiger partial charge in [0, 0.05) is 13.1 Å². The van der Waals surface area contributed by atoms with E-state index in [1.807, 2.05) is 11.5 Å². The van der Waals surface area contributed by atoms with Crippen LogP contribution in [-0.4, -0.2) is 26.4 Å². The van der Waals surface area contributed by atoms with Crippen LogP contribution in [0.3, 0.4) is 0 Å². The Morgan fingerprint density at radius 3 is 2.77 bits per heavy atom. The first-order valence-electron chi connectivity index (χ1n) is 4.48. The van der Waals surface area contributed by atoms with Gasteiger partial charge in [-0.25, -0.2) is 0 Å². The molecule has 74 valence electrons. The molecule has 1 rings (SSSR count). The molecule has 0 saturated carbocycles. The average Bonchev–Trinajstić information content (AvgIpc) is 2.48. The minimum absolute atomic E-state index is 0.182. The largest absolute Gasteiger partial charge is 0.384 e. The second-order valence-electron chi connectivity index (χ2n) is 3.01. The normalized spacial score (nSPS) is 13.2. The Morgan fingerprint density at radius 2 is 2.23 bits per heavy atom. The summed E-state index contributed by atoms with van der Waals surface area (Å²) in [6.07, 6.45) is 0.288. The van der Waals surface area contributed by atoms with Gasteiger partial charge in [-0.05, 0) is 13.3 Å². The first-order valence-corrected chi connectivity index (χ1v) is 4.48. The summed E-state index contributed by atoms with van der Waals surface area (Å²) < 4.78 is 1.90. The molecule has 0 aromatic carbocycles. The summed E-state index contributed by atoms with van der Waals surface area (Å²) in [6, 6.07) is 0. The zero-order chi connectivity index (χ0) is 9.84. The summed E-state index contributed by atoms with van der Waals surface area (Å²) in [4.78, 5) is 0.